The summed E-state index contributed by atoms with van der Waals surface area (Å²) in [4.78, 5) is 38.4. The maximum atomic E-state index is 13.0. The summed E-state index contributed by atoms with van der Waals surface area (Å²) in [7, 11) is -2.60. The minimum atomic E-state index is -4.05. The van der Waals surface area contributed by atoms with E-state index < -0.39 is 39.9 Å². The SMILES string of the molecule is CCC(NC(=O)[C@H](CC(C)C)NS(=O)(=O)NCc1ccccc1)C(=O)C(=O)NCc1cccc(Cl)c1OC. The molecule has 0 fully saturated rings. The molecule has 0 aliphatic heterocycles. The molecule has 0 bridgehead atoms. The molecule has 0 aromatic heterocycles. The first kappa shape index (κ1) is 31.2. The van der Waals surface area contributed by atoms with E-state index in [2.05, 4.69) is 20.1 Å². The van der Waals surface area contributed by atoms with E-state index in [0.717, 1.165) is 5.56 Å². The van der Waals surface area contributed by atoms with Crippen LogP contribution in [0.1, 0.15) is 44.7 Å². The number of Topliss-reactive ketones (excluding diaryl/α,β-unsaturated/α-hetero) is 1. The van der Waals surface area contributed by atoms with E-state index in [9.17, 15) is 22.8 Å². The molecule has 0 saturated heterocycles. The van der Waals surface area contributed by atoms with Gasteiger partial charge in [-0.2, -0.15) is 17.9 Å². The fourth-order valence-electron chi connectivity index (χ4n) is 3.65. The zero-order valence-corrected chi connectivity index (χ0v) is 23.5. The number of methoxy groups -OCH3 is 1. The summed E-state index contributed by atoms with van der Waals surface area (Å²) in [6.07, 6.45) is 0.315. The lowest BCUT2D eigenvalue weighted by Gasteiger charge is -2.23. The molecule has 2 aromatic rings. The summed E-state index contributed by atoms with van der Waals surface area (Å²) < 4.78 is 35.3. The summed E-state index contributed by atoms with van der Waals surface area (Å²) in [5.74, 6) is -2.10. The maximum Gasteiger partial charge on any atom is 0.289 e. The van der Waals surface area contributed by atoms with Gasteiger partial charge >= 0.3 is 0 Å². The zero-order valence-electron chi connectivity index (χ0n) is 21.9. The molecule has 0 aliphatic carbocycles. The molecule has 38 heavy (non-hydrogen) atoms. The van der Waals surface area contributed by atoms with Crippen molar-refractivity contribution < 1.29 is 27.5 Å². The van der Waals surface area contributed by atoms with E-state index in [1.807, 2.05) is 19.9 Å². The molecule has 0 aliphatic rings. The van der Waals surface area contributed by atoms with Gasteiger partial charge in [-0.25, -0.2) is 0 Å². The molecule has 2 aromatic carbocycles. The fraction of sp³-hybridized carbons (Fsp3) is 0.423. The van der Waals surface area contributed by atoms with E-state index in [0.29, 0.717) is 16.3 Å². The number of ketones is 1. The highest BCUT2D eigenvalue weighted by Crippen LogP contribution is 2.28. The van der Waals surface area contributed by atoms with Crippen LogP contribution in [0.25, 0.3) is 0 Å². The first-order valence-electron chi connectivity index (χ1n) is 12.2. The summed E-state index contributed by atoms with van der Waals surface area (Å²) in [6, 6.07) is 11.7. The highest BCUT2D eigenvalue weighted by atomic mass is 35.5. The summed E-state index contributed by atoms with van der Waals surface area (Å²) in [5, 5.41) is 5.41. The molecule has 208 valence electrons. The molecule has 12 heteroatoms. The van der Waals surface area contributed by atoms with Crippen molar-refractivity contribution in [1.29, 1.82) is 0 Å². The average Bonchev–Trinajstić information content (AvgIpc) is 2.88. The zero-order chi connectivity index (χ0) is 28.3. The molecule has 0 spiro atoms. The third-order valence-electron chi connectivity index (χ3n) is 5.59. The molecule has 2 atom stereocenters. The molecule has 0 heterocycles. The molecule has 0 saturated carbocycles. The van der Waals surface area contributed by atoms with Crippen LogP contribution in [0.3, 0.4) is 0 Å². The van der Waals surface area contributed by atoms with Gasteiger partial charge < -0.3 is 15.4 Å². The molecular weight excluding hydrogens is 532 g/mol. The van der Waals surface area contributed by atoms with Crippen LogP contribution in [0.15, 0.2) is 48.5 Å². The number of nitrogens with one attached hydrogen (secondary N) is 4. The Morgan fingerprint density at radius 1 is 0.974 bits per heavy atom. The summed E-state index contributed by atoms with van der Waals surface area (Å²) >= 11 is 6.09. The van der Waals surface area contributed by atoms with Gasteiger partial charge in [0.2, 0.25) is 11.7 Å². The van der Waals surface area contributed by atoms with Crippen LogP contribution in [0, 0.1) is 5.92 Å². The average molecular weight is 567 g/mol. The first-order valence-corrected chi connectivity index (χ1v) is 14.1. The smallest absolute Gasteiger partial charge is 0.289 e. The Bertz CT molecular complexity index is 1210. The Hall–Kier alpha value is -2.99. The first-order chi connectivity index (χ1) is 18.0. The van der Waals surface area contributed by atoms with Crippen LogP contribution in [0.4, 0.5) is 0 Å². The predicted octanol–water partition coefficient (Wildman–Crippen LogP) is 2.47. The number of hydrogen-bond donors (Lipinski definition) is 4. The van der Waals surface area contributed by atoms with Crippen molar-refractivity contribution in [3.63, 3.8) is 0 Å². The van der Waals surface area contributed by atoms with Gasteiger partial charge in [-0.15, -0.1) is 0 Å². The fourth-order valence-corrected chi connectivity index (χ4v) is 4.94. The lowest BCUT2D eigenvalue weighted by molar-refractivity contribution is -0.140. The highest BCUT2D eigenvalue weighted by Gasteiger charge is 2.31. The van der Waals surface area contributed by atoms with E-state index >= 15 is 0 Å². The van der Waals surface area contributed by atoms with Gasteiger partial charge in [0.25, 0.3) is 16.1 Å². The third kappa shape index (κ3) is 9.71. The number of ether oxygens (including phenoxy) is 1. The summed E-state index contributed by atoms with van der Waals surface area (Å²) in [5.41, 5.74) is 1.33. The van der Waals surface area contributed by atoms with Crippen LogP contribution in [0.5, 0.6) is 5.75 Å². The van der Waals surface area contributed by atoms with Crippen LogP contribution >= 0.6 is 11.6 Å². The standard InChI is InChI=1S/C26H35ClN4O6S/c1-5-21(23(32)26(34)28-16-19-12-9-13-20(27)24(19)37-4)30-25(33)22(14-17(2)3)31-38(35,36)29-15-18-10-7-6-8-11-18/h6-13,17,21-22,29,31H,5,14-16H2,1-4H3,(H,28,34)(H,30,33)/t21?,22-/m0/s1. The van der Waals surface area contributed by atoms with Gasteiger partial charge in [0.05, 0.1) is 18.2 Å². The monoisotopic (exact) mass is 566 g/mol. The maximum absolute atomic E-state index is 13.0. The highest BCUT2D eigenvalue weighted by molar-refractivity contribution is 7.87. The number of carbonyl (C=O) groups excluding carboxylic acids is 3. The van der Waals surface area contributed by atoms with Gasteiger partial charge in [0, 0.05) is 18.7 Å². The second-order valence-corrected chi connectivity index (χ2v) is 11.0. The molecule has 2 amide bonds. The van der Waals surface area contributed by atoms with Crippen molar-refractivity contribution in [1.82, 2.24) is 20.1 Å². The van der Waals surface area contributed by atoms with Gasteiger partial charge in [-0.3, -0.25) is 14.4 Å². The van der Waals surface area contributed by atoms with Crippen molar-refractivity contribution in [2.75, 3.05) is 7.11 Å². The number of amides is 2. The van der Waals surface area contributed by atoms with Crippen LogP contribution in [-0.2, 0) is 37.7 Å². The third-order valence-corrected chi connectivity index (χ3v) is 7.00. The lowest BCUT2D eigenvalue weighted by atomic mass is 10.0. The second-order valence-electron chi connectivity index (χ2n) is 9.06. The van der Waals surface area contributed by atoms with E-state index in [4.69, 9.17) is 16.3 Å². The van der Waals surface area contributed by atoms with Gasteiger partial charge in [-0.05, 0) is 30.4 Å². The number of rotatable bonds is 15. The van der Waals surface area contributed by atoms with E-state index in [1.165, 1.54) is 7.11 Å². The van der Waals surface area contributed by atoms with Crippen LogP contribution < -0.4 is 24.8 Å². The molecule has 10 nitrogen and oxygen atoms in total. The minimum Gasteiger partial charge on any atom is -0.495 e. The van der Waals surface area contributed by atoms with Crippen molar-refractivity contribution in [3.05, 3.63) is 64.7 Å². The predicted molar refractivity (Wildman–Crippen MR) is 146 cm³/mol. The van der Waals surface area contributed by atoms with Gasteiger partial charge in [-0.1, -0.05) is 74.8 Å². The molecule has 2 rings (SSSR count). The number of hydrogen-bond acceptors (Lipinski definition) is 6. The molecular formula is C26H35ClN4O6S. The number of halogens is 1. The quantitative estimate of drug-likeness (QED) is 0.244. The largest absolute Gasteiger partial charge is 0.495 e. The minimum absolute atomic E-state index is 0.0124. The lowest BCUT2D eigenvalue weighted by Crippen LogP contribution is -2.55. The van der Waals surface area contributed by atoms with Crippen molar-refractivity contribution >= 4 is 39.4 Å². The number of carbonyl (C=O) groups is 3. The number of para-hydroxylation sites is 1. The van der Waals surface area contributed by atoms with E-state index in [-0.39, 0.29) is 31.8 Å². The van der Waals surface area contributed by atoms with Crippen LogP contribution in [0.2, 0.25) is 5.02 Å². The van der Waals surface area contributed by atoms with Crippen molar-refractivity contribution in [2.24, 2.45) is 5.92 Å². The van der Waals surface area contributed by atoms with Crippen molar-refractivity contribution in [2.45, 2.75) is 58.8 Å². The molecule has 1 unspecified atom stereocenters. The normalized spacial score (nSPS) is 13.0. The Labute approximate surface area is 229 Å². The van der Waals surface area contributed by atoms with E-state index in [1.54, 1.807) is 49.4 Å². The van der Waals surface area contributed by atoms with Gasteiger partial charge in [0.15, 0.2) is 0 Å². The van der Waals surface area contributed by atoms with Crippen molar-refractivity contribution in [3.8, 4) is 5.75 Å². The summed E-state index contributed by atoms with van der Waals surface area (Å²) in [6.45, 7) is 5.35. The Kier molecular flexibility index (Phi) is 12.2. The number of benzene rings is 2. The van der Waals surface area contributed by atoms with Gasteiger partial charge in [0.1, 0.15) is 11.8 Å². The topological polar surface area (TPSA) is 143 Å². The Morgan fingerprint density at radius 3 is 2.26 bits per heavy atom. The van der Waals surface area contributed by atoms with Crippen LogP contribution in [-0.4, -0.2) is 45.2 Å². The second kappa shape index (κ2) is 14.8. The Morgan fingerprint density at radius 2 is 1.66 bits per heavy atom. The Balaban J connectivity index is 2.03. The molecule has 0 radical (unpaired) electrons. The molecule has 4 N–H and O–H groups in total.